The number of aliphatic hydroxyl groups is 1. The van der Waals surface area contributed by atoms with Crippen LogP contribution in [0.15, 0.2) is 18.5 Å². The summed E-state index contributed by atoms with van der Waals surface area (Å²) in [6, 6.07) is 1.92. The number of hydrogen-bond donors (Lipinski definition) is 1. The second-order valence-electron chi connectivity index (χ2n) is 4.08. The van der Waals surface area contributed by atoms with Gasteiger partial charge in [0.25, 0.3) is 0 Å². The third-order valence-corrected chi connectivity index (χ3v) is 2.97. The molecule has 0 spiro atoms. The zero-order valence-corrected chi connectivity index (χ0v) is 9.02. The Balaban J connectivity index is 2.12. The average molecular weight is 207 g/mol. The fourth-order valence-corrected chi connectivity index (χ4v) is 2.00. The lowest BCUT2D eigenvalue weighted by molar-refractivity contribution is -0.0636. The van der Waals surface area contributed by atoms with Crippen LogP contribution in [0.2, 0.25) is 0 Å². The van der Waals surface area contributed by atoms with Crippen molar-refractivity contribution in [2.45, 2.75) is 38.4 Å². The SMILES string of the molecule is Cc1ccncc1C(O)C1CCCCO1. The monoisotopic (exact) mass is 207 g/mol. The molecule has 82 valence electrons. The third kappa shape index (κ3) is 2.36. The van der Waals surface area contributed by atoms with Gasteiger partial charge in [-0.25, -0.2) is 0 Å². The predicted molar refractivity (Wildman–Crippen MR) is 57.5 cm³/mol. The highest BCUT2D eigenvalue weighted by Gasteiger charge is 2.24. The first-order valence-electron chi connectivity index (χ1n) is 5.49. The number of hydrogen-bond acceptors (Lipinski definition) is 3. The van der Waals surface area contributed by atoms with Gasteiger partial charge in [-0.3, -0.25) is 4.98 Å². The molecular formula is C12H17NO2. The van der Waals surface area contributed by atoms with Crippen LogP contribution in [-0.4, -0.2) is 22.8 Å². The molecule has 15 heavy (non-hydrogen) atoms. The largest absolute Gasteiger partial charge is 0.386 e. The zero-order chi connectivity index (χ0) is 10.7. The molecule has 2 unspecified atom stereocenters. The molecule has 1 N–H and O–H groups in total. The number of ether oxygens (including phenoxy) is 1. The van der Waals surface area contributed by atoms with Crippen molar-refractivity contribution in [3.05, 3.63) is 29.6 Å². The van der Waals surface area contributed by atoms with E-state index in [-0.39, 0.29) is 6.10 Å². The number of aromatic nitrogens is 1. The van der Waals surface area contributed by atoms with Crippen molar-refractivity contribution in [2.75, 3.05) is 6.61 Å². The van der Waals surface area contributed by atoms with Crippen LogP contribution in [0, 0.1) is 6.92 Å². The fourth-order valence-electron chi connectivity index (χ4n) is 2.00. The summed E-state index contributed by atoms with van der Waals surface area (Å²) >= 11 is 0. The first-order chi connectivity index (χ1) is 7.29. The van der Waals surface area contributed by atoms with Gasteiger partial charge in [-0.2, -0.15) is 0 Å². The van der Waals surface area contributed by atoms with E-state index in [9.17, 15) is 5.11 Å². The summed E-state index contributed by atoms with van der Waals surface area (Å²) in [6.45, 7) is 2.75. The van der Waals surface area contributed by atoms with Gasteiger partial charge in [0, 0.05) is 24.6 Å². The van der Waals surface area contributed by atoms with E-state index in [0.717, 1.165) is 37.0 Å². The highest BCUT2D eigenvalue weighted by molar-refractivity contribution is 5.24. The molecule has 0 aromatic carbocycles. The summed E-state index contributed by atoms with van der Waals surface area (Å²) < 4.78 is 5.57. The lowest BCUT2D eigenvalue weighted by Gasteiger charge is -2.27. The van der Waals surface area contributed by atoms with E-state index >= 15 is 0 Å². The van der Waals surface area contributed by atoms with Gasteiger partial charge < -0.3 is 9.84 Å². The van der Waals surface area contributed by atoms with Crippen LogP contribution in [-0.2, 0) is 4.74 Å². The summed E-state index contributed by atoms with van der Waals surface area (Å²) in [6.07, 6.45) is 6.08. The molecule has 1 aromatic heterocycles. The summed E-state index contributed by atoms with van der Waals surface area (Å²) in [5, 5.41) is 10.2. The highest BCUT2D eigenvalue weighted by atomic mass is 16.5. The maximum atomic E-state index is 10.2. The summed E-state index contributed by atoms with van der Waals surface area (Å²) in [7, 11) is 0. The Morgan fingerprint density at radius 1 is 1.53 bits per heavy atom. The Labute approximate surface area is 90.1 Å². The number of pyridine rings is 1. The molecule has 0 aliphatic carbocycles. The number of aryl methyl sites for hydroxylation is 1. The molecule has 1 aliphatic heterocycles. The Kier molecular flexibility index (Phi) is 3.34. The molecule has 1 saturated heterocycles. The average Bonchev–Trinajstić information content (AvgIpc) is 2.30. The molecule has 0 saturated carbocycles. The van der Waals surface area contributed by atoms with Crippen molar-refractivity contribution in [3.63, 3.8) is 0 Å². The minimum absolute atomic E-state index is 0.0540. The molecule has 1 aliphatic rings. The second kappa shape index (κ2) is 4.73. The second-order valence-corrected chi connectivity index (χ2v) is 4.08. The van der Waals surface area contributed by atoms with Crippen molar-refractivity contribution in [1.82, 2.24) is 4.98 Å². The molecule has 2 heterocycles. The van der Waals surface area contributed by atoms with Crippen molar-refractivity contribution in [3.8, 4) is 0 Å². The van der Waals surface area contributed by atoms with Gasteiger partial charge in [-0.05, 0) is 37.8 Å². The van der Waals surface area contributed by atoms with Crippen LogP contribution in [0.4, 0.5) is 0 Å². The lowest BCUT2D eigenvalue weighted by atomic mass is 9.97. The molecule has 0 bridgehead atoms. The van der Waals surface area contributed by atoms with Crippen LogP contribution >= 0.6 is 0 Å². The van der Waals surface area contributed by atoms with Crippen molar-refractivity contribution >= 4 is 0 Å². The van der Waals surface area contributed by atoms with Gasteiger partial charge >= 0.3 is 0 Å². The summed E-state index contributed by atoms with van der Waals surface area (Å²) in [5.41, 5.74) is 1.97. The van der Waals surface area contributed by atoms with Crippen molar-refractivity contribution in [1.29, 1.82) is 0 Å². The standard InChI is InChI=1S/C12H17NO2/c1-9-5-6-13-8-10(9)12(14)11-4-2-3-7-15-11/h5-6,8,11-12,14H,2-4,7H2,1H3. The molecule has 0 amide bonds. The number of aliphatic hydroxyl groups excluding tert-OH is 1. The summed E-state index contributed by atoms with van der Waals surface area (Å²) in [4.78, 5) is 4.05. The van der Waals surface area contributed by atoms with Gasteiger partial charge in [0.15, 0.2) is 0 Å². The number of nitrogens with zero attached hydrogens (tertiary/aromatic N) is 1. The van der Waals surface area contributed by atoms with Crippen LogP contribution in [0.3, 0.4) is 0 Å². The molecule has 2 atom stereocenters. The number of rotatable bonds is 2. The van der Waals surface area contributed by atoms with Crippen LogP contribution in [0.25, 0.3) is 0 Å². The Morgan fingerprint density at radius 2 is 2.40 bits per heavy atom. The minimum Gasteiger partial charge on any atom is -0.386 e. The van der Waals surface area contributed by atoms with E-state index in [1.54, 1.807) is 12.4 Å². The van der Waals surface area contributed by atoms with Gasteiger partial charge in [-0.1, -0.05) is 0 Å². The Hall–Kier alpha value is -0.930. The Bertz CT molecular complexity index is 321. The van der Waals surface area contributed by atoms with Gasteiger partial charge in [0.05, 0.1) is 6.10 Å². The van der Waals surface area contributed by atoms with Gasteiger partial charge in [0.1, 0.15) is 6.10 Å². The van der Waals surface area contributed by atoms with E-state index in [4.69, 9.17) is 4.74 Å². The van der Waals surface area contributed by atoms with E-state index in [0.29, 0.717) is 0 Å². The van der Waals surface area contributed by atoms with E-state index in [1.807, 2.05) is 13.0 Å². The fraction of sp³-hybridized carbons (Fsp3) is 0.583. The van der Waals surface area contributed by atoms with Crippen LogP contribution in [0.1, 0.15) is 36.5 Å². The van der Waals surface area contributed by atoms with Crippen LogP contribution < -0.4 is 0 Å². The Morgan fingerprint density at radius 3 is 3.07 bits per heavy atom. The van der Waals surface area contributed by atoms with Crippen LogP contribution in [0.5, 0.6) is 0 Å². The summed E-state index contributed by atoms with van der Waals surface area (Å²) in [5.74, 6) is 0. The topological polar surface area (TPSA) is 42.4 Å². The normalized spacial score (nSPS) is 23.7. The third-order valence-electron chi connectivity index (χ3n) is 2.97. The molecular weight excluding hydrogens is 190 g/mol. The molecule has 1 aromatic rings. The van der Waals surface area contributed by atoms with Crippen molar-refractivity contribution in [2.24, 2.45) is 0 Å². The first kappa shape index (κ1) is 10.6. The van der Waals surface area contributed by atoms with Gasteiger partial charge in [0.2, 0.25) is 0 Å². The van der Waals surface area contributed by atoms with Crippen molar-refractivity contribution < 1.29 is 9.84 Å². The zero-order valence-electron chi connectivity index (χ0n) is 9.02. The molecule has 3 nitrogen and oxygen atoms in total. The lowest BCUT2D eigenvalue weighted by Crippen LogP contribution is -2.26. The maximum absolute atomic E-state index is 10.2. The predicted octanol–water partition coefficient (Wildman–Crippen LogP) is 1.99. The highest BCUT2D eigenvalue weighted by Crippen LogP contribution is 2.27. The molecule has 2 rings (SSSR count). The van der Waals surface area contributed by atoms with E-state index < -0.39 is 6.10 Å². The van der Waals surface area contributed by atoms with E-state index in [1.165, 1.54) is 0 Å². The smallest absolute Gasteiger partial charge is 0.107 e. The molecule has 0 radical (unpaired) electrons. The van der Waals surface area contributed by atoms with E-state index in [2.05, 4.69) is 4.98 Å². The minimum atomic E-state index is -0.529. The maximum Gasteiger partial charge on any atom is 0.107 e. The molecule has 1 fully saturated rings. The first-order valence-corrected chi connectivity index (χ1v) is 5.49. The quantitative estimate of drug-likeness (QED) is 0.806. The molecule has 3 heteroatoms. The van der Waals surface area contributed by atoms with Gasteiger partial charge in [-0.15, -0.1) is 0 Å².